The molecule has 0 amide bonds. The molecule has 5 rings (SSSR count). The van der Waals surface area contributed by atoms with Gasteiger partial charge in [-0.25, -0.2) is 4.98 Å². The summed E-state index contributed by atoms with van der Waals surface area (Å²) >= 11 is 8.02. The van der Waals surface area contributed by atoms with Gasteiger partial charge in [-0.05, 0) is 48.9 Å². The van der Waals surface area contributed by atoms with Gasteiger partial charge < -0.3 is 9.47 Å². The summed E-state index contributed by atoms with van der Waals surface area (Å²) < 4.78 is 12.9. The fourth-order valence-electron chi connectivity index (χ4n) is 3.92. The van der Waals surface area contributed by atoms with Crippen molar-refractivity contribution in [3.05, 3.63) is 49.8 Å². The summed E-state index contributed by atoms with van der Waals surface area (Å²) in [6, 6.07) is 3.73. The van der Waals surface area contributed by atoms with E-state index >= 15 is 0 Å². The molecular weight excluding hydrogens is 384 g/mol. The van der Waals surface area contributed by atoms with Gasteiger partial charge in [0, 0.05) is 4.88 Å². The van der Waals surface area contributed by atoms with Gasteiger partial charge in [-0.2, -0.15) is 0 Å². The molecule has 1 aliphatic heterocycles. The van der Waals surface area contributed by atoms with Crippen LogP contribution in [0.25, 0.3) is 10.2 Å². The van der Waals surface area contributed by atoms with Gasteiger partial charge in [-0.1, -0.05) is 18.0 Å². The zero-order valence-corrected chi connectivity index (χ0v) is 16.4. The van der Waals surface area contributed by atoms with Crippen molar-refractivity contribution in [2.75, 3.05) is 13.2 Å². The number of fused-ring (bicyclic) bond motifs is 4. The lowest BCUT2D eigenvalue weighted by Crippen LogP contribution is -2.22. The van der Waals surface area contributed by atoms with Gasteiger partial charge in [-0.15, -0.1) is 11.3 Å². The predicted octanol–water partition coefficient (Wildman–Crippen LogP) is 4.20. The van der Waals surface area contributed by atoms with E-state index in [-0.39, 0.29) is 5.56 Å². The summed E-state index contributed by atoms with van der Waals surface area (Å²) in [5.74, 6) is 1.21. The molecule has 5 nitrogen and oxygen atoms in total. The van der Waals surface area contributed by atoms with Gasteiger partial charge in [-0.3, -0.25) is 9.36 Å². The molecule has 2 aromatic heterocycles. The molecule has 0 spiro atoms. The molecule has 0 saturated carbocycles. The molecule has 0 fully saturated rings. The normalized spacial score (nSPS) is 16.2. The van der Waals surface area contributed by atoms with Crippen molar-refractivity contribution in [1.82, 2.24) is 9.55 Å². The third-order valence-corrected chi connectivity index (χ3v) is 6.68. The zero-order valence-electron chi connectivity index (χ0n) is 14.8. The van der Waals surface area contributed by atoms with Crippen molar-refractivity contribution < 1.29 is 9.47 Å². The van der Waals surface area contributed by atoms with Crippen molar-refractivity contribution >= 4 is 33.2 Å². The fraction of sp³-hybridized carbons (Fsp3) is 0.400. The molecule has 0 atom stereocenters. The highest BCUT2D eigenvalue weighted by atomic mass is 35.5. The molecule has 0 saturated heterocycles. The maximum atomic E-state index is 13.2. The van der Waals surface area contributed by atoms with Crippen LogP contribution in [0.4, 0.5) is 0 Å². The number of aryl methyl sites for hydroxylation is 2. The number of ether oxygens (including phenoxy) is 2. The number of benzene rings is 1. The highest BCUT2D eigenvalue weighted by Crippen LogP contribution is 2.38. The molecule has 3 aromatic rings. The summed E-state index contributed by atoms with van der Waals surface area (Å²) in [5.41, 5.74) is 2.15. The number of nitrogens with zero attached hydrogens (tertiary/aromatic N) is 2. The summed E-state index contributed by atoms with van der Waals surface area (Å²) in [7, 11) is 0. The van der Waals surface area contributed by atoms with Gasteiger partial charge >= 0.3 is 0 Å². The van der Waals surface area contributed by atoms with Crippen LogP contribution < -0.4 is 15.0 Å². The number of thiophene rings is 1. The average molecular weight is 403 g/mol. The van der Waals surface area contributed by atoms with E-state index in [1.165, 1.54) is 23.3 Å². The van der Waals surface area contributed by atoms with E-state index in [0.29, 0.717) is 36.3 Å². The molecule has 1 aliphatic carbocycles. The topological polar surface area (TPSA) is 53.4 Å². The van der Waals surface area contributed by atoms with Crippen molar-refractivity contribution in [3.63, 3.8) is 0 Å². The molecule has 140 valence electrons. The van der Waals surface area contributed by atoms with Crippen LogP contribution in [0.3, 0.4) is 0 Å². The molecule has 27 heavy (non-hydrogen) atoms. The maximum Gasteiger partial charge on any atom is 0.262 e. The van der Waals surface area contributed by atoms with Gasteiger partial charge in [0.25, 0.3) is 5.56 Å². The predicted molar refractivity (Wildman–Crippen MR) is 107 cm³/mol. The SMILES string of the molecule is O=c1c2c3c(sc2ncn1Cc1cc(Cl)c2c(c1)OCCO2)CCCCC3. The Balaban J connectivity index is 1.56. The van der Waals surface area contributed by atoms with Crippen molar-refractivity contribution in [3.8, 4) is 11.5 Å². The second-order valence-electron chi connectivity index (χ2n) is 7.02. The van der Waals surface area contributed by atoms with E-state index in [0.717, 1.165) is 35.0 Å². The van der Waals surface area contributed by atoms with Crippen molar-refractivity contribution in [2.45, 2.75) is 38.6 Å². The minimum absolute atomic E-state index is 0.0328. The molecule has 2 aliphatic rings. The van der Waals surface area contributed by atoms with Crippen LogP contribution in [0, 0.1) is 0 Å². The first-order chi connectivity index (χ1) is 13.2. The monoisotopic (exact) mass is 402 g/mol. The molecule has 0 bridgehead atoms. The van der Waals surface area contributed by atoms with E-state index in [2.05, 4.69) is 4.98 Å². The van der Waals surface area contributed by atoms with E-state index in [1.807, 2.05) is 12.1 Å². The first-order valence-corrected chi connectivity index (χ1v) is 10.5. The standard InChI is InChI=1S/C20H19ClN2O3S/c21-14-8-12(9-15-18(14)26-7-6-25-15)10-23-11-22-19-17(20(23)24)13-4-2-1-3-5-16(13)27-19/h8-9,11H,1-7,10H2. The first-order valence-electron chi connectivity index (χ1n) is 9.28. The van der Waals surface area contributed by atoms with Crippen LogP contribution in [0.15, 0.2) is 23.3 Å². The molecule has 7 heteroatoms. The zero-order chi connectivity index (χ0) is 18.4. The Kier molecular flexibility index (Phi) is 4.32. The molecule has 3 heterocycles. The lowest BCUT2D eigenvalue weighted by Gasteiger charge is -2.20. The second-order valence-corrected chi connectivity index (χ2v) is 8.51. The third kappa shape index (κ3) is 3.01. The third-order valence-electron chi connectivity index (χ3n) is 5.20. The molecule has 0 N–H and O–H groups in total. The average Bonchev–Trinajstić information content (AvgIpc) is 2.86. The highest BCUT2D eigenvalue weighted by Gasteiger charge is 2.20. The van der Waals surface area contributed by atoms with E-state index < -0.39 is 0 Å². The Morgan fingerprint density at radius 2 is 2.00 bits per heavy atom. The van der Waals surface area contributed by atoms with Gasteiger partial charge in [0.05, 0.1) is 23.3 Å². The number of rotatable bonds is 2. The van der Waals surface area contributed by atoms with Crippen LogP contribution in [0.1, 0.15) is 35.3 Å². The number of aromatic nitrogens is 2. The van der Waals surface area contributed by atoms with Crippen LogP contribution in [0.2, 0.25) is 5.02 Å². The van der Waals surface area contributed by atoms with Gasteiger partial charge in [0.1, 0.15) is 18.0 Å². The van der Waals surface area contributed by atoms with Gasteiger partial charge in [0.15, 0.2) is 11.5 Å². The lowest BCUT2D eigenvalue weighted by molar-refractivity contribution is 0.171. The Labute approximate surface area is 165 Å². The van der Waals surface area contributed by atoms with E-state index in [1.54, 1.807) is 22.2 Å². The maximum absolute atomic E-state index is 13.2. The fourth-order valence-corrected chi connectivity index (χ4v) is 5.43. The Bertz CT molecular complexity index is 1090. The smallest absolute Gasteiger partial charge is 0.262 e. The second kappa shape index (κ2) is 6.84. The minimum atomic E-state index is 0.0328. The number of halogens is 1. The van der Waals surface area contributed by atoms with Crippen LogP contribution in [-0.4, -0.2) is 22.8 Å². The molecule has 0 radical (unpaired) electrons. The summed E-state index contributed by atoms with van der Waals surface area (Å²) in [5, 5.41) is 1.32. The van der Waals surface area contributed by atoms with Crippen molar-refractivity contribution in [2.24, 2.45) is 0 Å². The van der Waals surface area contributed by atoms with Crippen LogP contribution in [0.5, 0.6) is 11.5 Å². The van der Waals surface area contributed by atoms with Gasteiger partial charge in [0.2, 0.25) is 0 Å². The Hall–Kier alpha value is -2.05. The first kappa shape index (κ1) is 17.1. The number of hydrogen-bond acceptors (Lipinski definition) is 5. The van der Waals surface area contributed by atoms with Crippen LogP contribution >= 0.6 is 22.9 Å². The Morgan fingerprint density at radius 1 is 1.15 bits per heavy atom. The van der Waals surface area contributed by atoms with Crippen molar-refractivity contribution in [1.29, 1.82) is 0 Å². The molecule has 1 aromatic carbocycles. The molecule has 0 unspecified atom stereocenters. The lowest BCUT2D eigenvalue weighted by atomic mass is 10.1. The summed E-state index contributed by atoms with van der Waals surface area (Å²) in [4.78, 5) is 20.0. The highest BCUT2D eigenvalue weighted by molar-refractivity contribution is 7.18. The van der Waals surface area contributed by atoms with E-state index in [9.17, 15) is 4.79 Å². The summed E-state index contributed by atoms with van der Waals surface area (Å²) in [6.45, 7) is 1.40. The van der Waals surface area contributed by atoms with Crippen LogP contribution in [-0.2, 0) is 19.4 Å². The summed E-state index contributed by atoms with van der Waals surface area (Å²) in [6.07, 6.45) is 7.26. The largest absolute Gasteiger partial charge is 0.486 e. The number of hydrogen-bond donors (Lipinski definition) is 0. The quantitative estimate of drug-likeness (QED) is 0.603. The van der Waals surface area contributed by atoms with E-state index in [4.69, 9.17) is 21.1 Å². The molecular formula is C20H19ClN2O3S. The minimum Gasteiger partial charge on any atom is -0.486 e. The Morgan fingerprint density at radius 3 is 2.93 bits per heavy atom.